The van der Waals surface area contributed by atoms with Gasteiger partial charge in [-0.15, -0.1) is 0 Å². The van der Waals surface area contributed by atoms with E-state index in [1.165, 1.54) is 11.6 Å². The number of halogens is 2. The average molecular weight is 320 g/mol. The van der Waals surface area contributed by atoms with Gasteiger partial charge in [0.2, 0.25) is 5.91 Å². The summed E-state index contributed by atoms with van der Waals surface area (Å²) in [5.41, 5.74) is 1.96. The van der Waals surface area contributed by atoms with E-state index in [9.17, 15) is 4.79 Å². The first-order valence-corrected chi connectivity index (χ1v) is 7.35. The van der Waals surface area contributed by atoms with Gasteiger partial charge in [-0.05, 0) is 35.8 Å². The second-order valence-electron chi connectivity index (χ2n) is 4.53. The number of rotatable bonds is 5. The fourth-order valence-corrected chi connectivity index (χ4v) is 2.31. The number of amides is 1. The summed E-state index contributed by atoms with van der Waals surface area (Å²) in [4.78, 5) is 11.7. The Hall–Kier alpha value is -1.77. The first-order valence-electron chi connectivity index (χ1n) is 6.60. The zero-order valence-corrected chi connectivity index (χ0v) is 12.9. The van der Waals surface area contributed by atoms with E-state index in [1.807, 2.05) is 30.3 Å². The van der Waals surface area contributed by atoms with E-state index in [2.05, 4.69) is 5.32 Å². The molecule has 0 unspecified atom stereocenters. The highest BCUT2D eigenvalue weighted by molar-refractivity contribution is 6.35. The Morgan fingerprint density at radius 3 is 2.57 bits per heavy atom. The van der Waals surface area contributed by atoms with Crippen molar-refractivity contribution >= 4 is 35.2 Å². The van der Waals surface area contributed by atoms with Gasteiger partial charge in [-0.1, -0.05) is 59.6 Å². The van der Waals surface area contributed by atoms with Crippen LogP contribution in [0.4, 0.5) is 0 Å². The average Bonchev–Trinajstić information content (AvgIpc) is 2.47. The molecule has 0 aliphatic rings. The van der Waals surface area contributed by atoms with Gasteiger partial charge in [0.05, 0.1) is 0 Å². The van der Waals surface area contributed by atoms with Gasteiger partial charge >= 0.3 is 0 Å². The number of hydrogen-bond acceptors (Lipinski definition) is 1. The highest BCUT2D eigenvalue weighted by atomic mass is 35.5. The van der Waals surface area contributed by atoms with Crippen molar-refractivity contribution in [3.8, 4) is 0 Å². The lowest BCUT2D eigenvalue weighted by Gasteiger charge is -2.03. The van der Waals surface area contributed by atoms with Gasteiger partial charge in [-0.3, -0.25) is 4.79 Å². The Kier molecular flexibility index (Phi) is 5.85. The monoisotopic (exact) mass is 319 g/mol. The molecule has 0 radical (unpaired) electrons. The van der Waals surface area contributed by atoms with Crippen LogP contribution in [0.1, 0.15) is 11.1 Å². The van der Waals surface area contributed by atoms with Crippen LogP contribution in [0.3, 0.4) is 0 Å². The molecule has 2 nitrogen and oxygen atoms in total. The molecular weight excluding hydrogens is 305 g/mol. The van der Waals surface area contributed by atoms with Crippen molar-refractivity contribution in [2.45, 2.75) is 6.42 Å². The summed E-state index contributed by atoms with van der Waals surface area (Å²) >= 11 is 11.8. The number of benzene rings is 2. The minimum Gasteiger partial charge on any atom is -0.352 e. The van der Waals surface area contributed by atoms with Crippen LogP contribution in [0.2, 0.25) is 10.0 Å². The van der Waals surface area contributed by atoms with Gasteiger partial charge in [0, 0.05) is 22.7 Å². The van der Waals surface area contributed by atoms with Gasteiger partial charge in [0.15, 0.2) is 0 Å². The van der Waals surface area contributed by atoms with Crippen molar-refractivity contribution in [3.63, 3.8) is 0 Å². The Balaban J connectivity index is 1.82. The van der Waals surface area contributed by atoms with E-state index in [0.717, 1.165) is 12.0 Å². The van der Waals surface area contributed by atoms with E-state index in [1.54, 1.807) is 24.3 Å². The third-order valence-corrected chi connectivity index (χ3v) is 3.49. The molecule has 21 heavy (non-hydrogen) atoms. The molecule has 0 aliphatic heterocycles. The van der Waals surface area contributed by atoms with Crippen LogP contribution in [0, 0.1) is 0 Å². The van der Waals surface area contributed by atoms with Crippen molar-refractivity contribution in [1.29, 1.82) is 0 Å². The third-order valence-electron chi connectivity index (χ3n) is 2.93. The van der Waals surface area contributed by atoms with E-state index in [0.29, 0.717) is 16.6 Å². The highest BCUT2D eigenvalue weighted by Crippen LogP contribution is 2.21. The lowest BCUT2D eigenvalue weighted by atomic mass is 10.1. The predicted octanol–water partition coefficient (Wildman–Crippen LogP) is 4.37. The normalized spacial score (nSPS) is 10.8. The number of carbonyl (C=O) groups is 1. The SMILES string of the molecule is O=C(/C=C/c1ccc(Cl)cc1Cl)NCCc1ccccc1. The first kappa shape index (κ1) is 15.6. The second kappa shape index (κ2) is 7.87. The van der Waals surface area contributed by atoms with Gasteiger partial charge in [0.25, 0.3) is 0 Å². The summed E-state index contributed by atoms with van der Waals surface area (Å²) in [6.45, 7) is 0.599. The summed E-state index contributed by atoms with van der Waals surface area (Å²) in [5, 5.41) is 3.93. The molecule has 2 rings (SSSR count). The molecule has 0 aromatic heterocycles. The molecule has 0 saturated carbocycles. The molecule has 0 aliphatic carbocycles. The van der Waals surface area contributed by atoms with Gasteiger partial charge in [-0.2, -0.15) is 0 Å². The van der Waals surface area contributed by atoms with Crippen LogP contribution >= 0.6 is 23.2 Å². The number of hydrogen-bond donors (Lipinski definition) is 1. The smallest absolute Gasteiger partial charge is 0.244 e. The van der Waals surface area contributed by atoms with Crippen molar-refractivity contribution < 1.29 is 4.79 Å². The maximum Gasteiger partial charge on any atom is 0.244 e. The Bertz CT molecular complexity index is 638. The first-order chi connectivity index (χ1) is 10.1. The van der Waals surface area contributed by atoms with Crippen molar-refractivity contribution in [3.05, 3.63) is 75.8 Å². The van der Waals surface area contributed by atoms with Crippen LogP contribution in [-0.4, -0.2) is 12.5 Å². The lowest BCUT2D eigenvalue weighted by Crippen LogP contribution is -2.23. The van der Waals surface area contributed by atoms with Crippen molar-refractivity contribution in [2.24, 2.45) is 0 Å². The Morgan fingerprint density at radius 1 is 1.10 bits per heavy atom. The van der Waals surface area contributed by atoms with E-state index in [-0.39, 0.29) is 5.91 Å². The fourth-order valence-electron chi connectivity index (χ4n) is 1.84. The minimum absolute atomic E-state index is 0.142. The molecule has 2 aromatic carbocycles. The molecule has 0 atom stereocenters. The van der Waals surface area contributed by atoms with Crippen LogP contribution in [0.5, 0.6) is 0 Å². The number of nitrogens with one attached hydrogen (secondary N) is 1. The minimum atomic E-state index is -0.142. The largest absolute Gasteiger partial charge is 0.352 e. The van der Waals surface area contributed by atoms with E-state index < -0.39 is 0 Å². The maximum atomic E-state index is 11.7. The topological polar surface area (TPSA) is 29.1 Å². The molecule has 4 heteroatoms. The maximum absolute atomic E-state index is 11.7. The predicted molar refractivity (Wildman–Crippen MR) is 88.7 cm³/mol. The lowest BCUT2D eigenvalue weighted by molar-refractivity contribution is -0.116. The zero-order valence-electron chi connectivity index (χ0n) is 11.4. The summed E-state index contributed by atoms with van der Waals surface area (Å²) in [6.07, 6.45) is 3.96. The van der Waals surface area contributed by atoms with Gasteiger partial charge in [-0.25, -0.2) is 0 Å². The van der Waals surface area contributed by atoms with Gasteiger partial charge in [0.1, 0.15) is 0 Å². The Morgan fingerprint density at radius 2 is 1.86 bits per heavy atom. The summed E-state index contributed by atoms with van der Waals surface area (Å²) in [6, 6.07) is 15.2. The molecule has 0 spiro atoms. The van der Waals surface area contributed by atoms with E-state index >= 15 is 0 Å². The quantitative estimate of drug-likeness (QED) is 0.815. The molecule has 1 N–H and O–H groups in total. The molecule has 2 aromatic rings. The van der Waals surface area contributed by atoms with Crippen LogP contribution in [0.25, 0.3) is 6.08 Å². The van der Waals surface area contributed by atoms with Crippen LogP contribution in [-0.2, 0) is 11.2 Å². The molecule has 0 bridgehead atoms. The fraction of sp³-hybridized carbons (Fsp3) is 0.118. The second-order valence-corrected chi connectivity index (χ2v) is 5.37. The molecule has 0 heterocycles. The molecule has 0 fully saturated rings. The van der Waals surface area contributed by atoms with Crippen LogP contribution < -0.4 is 5.32 Å². The van der Waals surface area contributed by atoms with E-state index in [4.69, 9.17) is 23.2 Å². The standard InChI is InChI=1S/C17H15Cl2NO/c18-15-8-6-14(16(19)12-15)7-9-17(21)20-11-10-13-4-2-1-3-5-13/h1-9,12H,10-11H2,(H,20,21)/b9-7+. The highest BCUT2D eigenvalue weighted by Gasteiger charge is 1.99. The Labute approximate surface area is 134 Å². The summed E-state index contributed by atoms with van der Waals surface area (Å²) < 4.78 is 0. The molecule has 108 valence electrons. The van der Waals surface area contributed by atoms with Crippen molar-refractivity contribution in [1.82, 2.24) is 5.32 Å². The third kappa shape index (κ3) is 5.25. The molecule has 0 saturated heterocycles. The van der Waals surface area contributed by atoms with Crippen LogP contribution in [0.15, 0.2) is 54.6 Å². The summed E-state index contributed by atoms with van der Waals surface area (Å²) in [7, 11) is 0. The molecule has 1 amide bonds. The zero-order chi connectivity index (χ0) is 15.1. The van der Waals surface area contributed by atoms with Crippen molar-refractivity contribution in [2.75, 3.05) is 6.54 Å². The van der Waals surface area contributed by atoms with Gasteiger partial charge < -0.3 is 5.32 Å². The summed E-state index contributed by atoms with van der Waals surface area (Å²) in [5.74, 6) is -0.142. The number of carbonyl (C=O) groups excluding carboxylic acids is 1. The molecular formula is C17H15Cl2NO.